The van der Waals surface area contributed by atoms with E-state index in [1.54, 1.807) is 0 Å². The maximum Gasteiger partial charge on any atom is 0.264 e. The molecule has 6 nitrogen and oxygen atoms in total. The third-order valence-electron chi connectivity index (χ3n) is 3.13. The van der Waals surface area contributed by atoms with Gasteiger partial charge in [0.25, 0.3) is 20.2 Å². The molecule has 22 heavy (non-hydrogen) atoms. The summed E-state index contributed by atoms with van der Waals surface area (Å²) in [4.78, 5) is 0. The average Bonchev–Trinajstić information content (AvgIpc) is 2.36. The Bertz CT molecular complexity index is 412. The molecule has 0 spiro atoms. The van der Waals surface area contributed by atoms with Crippen molar-refractivity contribution in [1.82, 2.24) is 0 Å². The largest absolute Gasteiger partial charge is 0.270 e. The van der Waals surface area contributed by atoms with E-state index < -0.39 is 20.2 Å². The molecule has 134 valence electrons. The molecular weight excluding hydrogens is 328 g/mol. The Morgan fingerprint density at radius 1 is 0.500 bits per heavy atom. The molecule has 0 aromatic rings. The molecule has 0 saturated carbocycles. The summed E-state index contributed by atoms with van der Waals surface area (Å²) in [5, 5.41) is 0. The number of hydrogen-bond acceptors (Lipinski definition) is 6. The highest BCUT2D eigenvalue weighted by Gasteiger charge is 2.01. The molecule has 0 fully saturated rings. The second-order valence-corrected chi connectivity index (χ2v) is 8.88. The molecule has 0 saturated heterocycles. The Morgan fingerprint density at radius 3 is 0.955 bits per heavy atom. The van der Waals surface area contributed by atoms with Crippen LogP contribution in [0.1, 0.15) is 64.2 Å². The first-order valence-corrected chi connectivity index (χ1v) is 11.5. The van der Waals surface area contributed by atoms with Crippen molar-refractivity contribution >= 4 is 20.2 Å². The van der Waals surface area contributed by atoms with Gasteiger partial charge in [0.2, 0.25) is 0 Å². The van der Waals surface area contributed by atoms with Crippen LogP contribution in [0.4, 0.5) is 0 Å². The fourth-order valence-electron chi connectivity index (χ4n) is 2.04. The quantitative estimate of drug-likeness (QED) is 0.330. The van der Waals surface area contributed by atoms with E-state index in [1.165, 1.54) is 12.8 Å². The van der Waals surface area contributed by atoms with Crippen LogP contribution < -0.4 is 0 Å². The highest BCUT2D eigenvalue weighted by molar-refractivity contribution is 7.86. The third kappa shape index (κ3) is 19.8. The van der Waals surface area contributed by atoms with Crippen molar-refractivity contribution in [3.05, 3.63) is 0 Å². The molecule has 0 aliphatic rings. The van der Waals surface area contributed by atoms with Gasteiger partial charge in [-0.2, -0.15) is 16.8 Å². The first kappa shape index (κ1) is 21.8. The van der Waals surface area contributed by atoms with Crippen molar-refractivity contribution in [2.24, 2.45) is 0 Å². The number of unbranched alkanes of at least 4 members (excludes halogenated alkanes) is 9. The maximum absolute atomic E-state index is 10.7. The summed E-state index contributed by atoms with van der Waals surface area (Å²) in [5.74, 6) is 0. The minimum atomic E-state index is -3.29. The predicted octanol–water partition coefficient (Wildman–Crippen LogP) is 2.84. The SMILES string of the molecule is CS(=O)(=O)OCCCCCCCCCCCCOS(C)(=O)=O. The lowest BCUT2D eigenvalue weighted by Gasteiger charge is -2.03. The summed E-state index contributed by atoms with van der Waals surface area (Å²) in [5.41, 5.74) is 0. The van der Waals surface area contributed by atoms with E-state index in [0.29, 0.717) is 0 Å². The molecule has 0 bridgehead atoms. The molecule has 0 radical (unpaired) electrons. The van der Waals surface area contributed by atoms with Crippen molar-refractivity contribution < 1.29 is 25.2 Å². The van der Waals surface area contributed by atoms with Crippen molar-refractivity contribution in [3.63, 3.8) is 0 Å². The van der Waals surface area contributed by atoms with Crippen LogP contribution in [-0.2, 0) is 28.6 Å². The van der Waals surface area contributed by atoms with Crippen LogP contribution in [0.5, 0.6) is 0 Å². The first-order valence-electron chi connectivity index (χ1n) is 7.89. The molecule has 0 aromatic carbocycles. The molecule has 0 aromatic heterocycles. The topological polar surface area (TPSA) is 86.7 Å². The van der Waals surface area contributed by atoms with Crippen LogP contribution in [0, 0.1) is 0 Å². The third-order valence-corrected chi connectivity index (χ3v) is 4.32. The minimum absolute atomic E-state index is 0.286. The van der Waals surface area contributed by atoms with Gasteiger partial charge < -0.3 is 0 Å². The molecule has 0 heterocycles. The molecule has 0 rings (SSSR count). The summed E-state index contributed by atoms with van der Waals surface area (Å²) in [6.07, 6.45) is 12.6. The lowest BCUT2D eigenvalue weighted by atomic mass is 10.1. The van der Waals surface area contributed by atoms with Gasteiger partial charge in [-0.25, -0.2) is 0 Å². The molecule has 8 heteroatoms. The van der Waals surface area contributed by atoms with E-state index in [1.807, 2.05) is 0 Å². The van der Waals surface area contributed by atoms with Crippen LogP contribution in [0.25, 0.3) is 0 Å². The Hall–Kier alpha value is -0.180. The second kappa shape index (κ2) is 12.3. The minimum Gasteiger partial charge on any atom is -0.270 e. The number of hydrogen-bond donors (Lipinski definition) is 0. The fourth-order valence-corrected chi connectivity index (χ4v) is 2.88. The zero-order chi connectivity index (χ0) is 16.9. The average molecular weight is 359 g/mol. The fraction of sp³-hybridized carbons (Fsp3) is 1.00. The van der Waals surface area contributed by atoms with Gasteiger partial charge in [-0.1, -0.05) is 51.4 Å². The van der Waals surface area contributed by atoms with E-state index in [4.69, 9.17) is 0 Å². The van der Waals surface area contributed by atoms with Crippen molar-refractivity contribution in [2.75, 3.05) is 25.7 Å². The van der Waals surface area contributed by atoms with Gasteiger partial charge in [0.05, 0.1) is 25.7 Å². The number of rotatable bonds is 15. The van der Waals surface area contributed by atoms with Gasteiger partial charge >= 0.3 is 0 Å². The highest BCUT2D eigenvalue weighted by atomic mass is 32.2. The molecule has 0 N–H and O–H groups in total. The van der Waals surface area contributed by atoms with Crippen LogP contribution in [0.15, 0.2) is 0 Å². The standard InChI is InChI=1S/C14H30O6S2/c1-21(15,16)19-13-11-9-7-5-3-4-6-8-10-12-14-20-22(2,17)18/h3-14H2,1-2H3. The van der Waals surface area contributed by atoms with Gasteiger partial charge in [0.1, 0.15) is 0 Å². The van der Waals surface area contributed by atoms with Crippen LogP contribution in [0.3, 0.4) is 0 Å². The summed E-state index contributed by atoms with van der Waals surface area (Å²) < 4.78 is 52.2. The van der Waals surface area contributed by atoms with Crippen molar-refractivity contribution in [3.8, 4) is 0 Å². The zero-order valence-corrected chi connectivity index (χ0v) is 15.4. The van der Waals surface area contributed by atoms with Gasteiger partial charge in [-0.15, -0.1) is 0 Å². The van der Waals surface area contributed by atoms with E-state index in [0.717, 1.165) is 63.9 Å². The van der Waals surface area contributed by atoms with Gasteiger partial charge in [0, 0.05) is 0 Å². The smallest absolute Gasteiger partial charge is 0.264 e. The molecular formula is C14H30O6S2. The Balaban J connectivity index is 3.15. The van der Waals surface area contributed by atoms with Crippen LogP contribution in [0.2, 0.25) is 0 Å². The Labute approximate surface area is 135 Å². The van der Waals surface area contributed by atoms with E-state index in [2.05, 4.69) is 8.37 Å². The molecule has 0 amide bonds. The summed E-state index contributed by atoms with van der Waals surface area (Å²) >= 11 is 0. The molecule has 0 unspecified atom stereocenters. The summed E-state index contributed by atoms with van der Waals surface area (Å²) in [6.45, 7) is 0.572. The Morgan fingerprint density at radius 2 is 0.727 bits per heavy atom. The van der Waals surface area contributed by atoms with Gasteiger partial charge in [-0.05, 0) is 12.8 Å². The first-order chi connectivity index (χ1) is 10.2. The lowest BCUT2D eigenvalue weighted by Crippen LogP contribution is -2.03. The second-order valence-electron chi connectivity index (χ2n) is 5.59. The maximum atomic E-state index is 10.7. The van der Waals surface area contributed by atoms with Crippen molar-refractivity contribution in [1.29, 1.82) is 0 Å². The zero-order valence-electron chi connectivity index (χ0n) is 13.8. The molecule has 0 aliphatic carbocycles. The summed E-state index contributed by atoms with van der Waals surface area (Å²) in [7, 11) is -6.58. The van der Waals surface area contributed by atoms with Gasteiger partial charge in [0.15, 0.2) is 0 Å². The highest BCUT2D eigenvalue weighted by Crippen LogP contribution is 2.11. The summed E-state index contributed by atoms with van der Waals surface area (Å²) in [6, 6.07) is 0. The van der Waals surface area contributed by atoms with Gasteiger partial charge in [-0.3, -0.25) is 8.37 Å². The van der Waals surface area contributed by atoms with E-state index in [-0.39, 0.29) is 13.2 Å². The molecule has 0 atom stereocenters. The van der Waals surface area contributed by atoms with Crippen molar-refractivity contribution in [2.45, 2.75) is 64.2 Å². The monoisotopic (exact) mass is 358 g/mol. The normalized spacial score (nSPS) is 12.6. The lowest BCUT2D eigenvalue weighted by molar-refractivity contribution is 0.307. The predicted molar refractivity (Wildman–Crippen MR) is 87.8 cm³/mol. The Kier molecular flexibility index (Phi) is 12.2. The van der Waals surface area contributed by atoms with Crippen LogP contribution >= 0.6 is 0 Å². The molecule has 0 aliphatic heterocycles. The van der Waals surface area contributed by atoms with E-state index in [9.17, 15) is 16.8 Å². The van der Waals surface area contributed by atoms with Crippen LogP contribution in [-0.4, -0.2) is 42.6 Å². The van der Waals surface area contributed by atoms with E-state index >= 15 is 0 Å².